The molecule has 1 aromatic rings. The lowest BCUT2D eigenvalue weighted by Gasteiger charge is -2.27. The Morgan fingerprint density at radius 1 is 1.33 bits per heavy atom. The Kier molecular flexibility index (Phi) is 3.84. The SMILES string of the molecule is ClC1CCCCC1CNc1ccccn1. The molecule has 1 aliphatic carbocycles. The number of anilines is 1. The largest absolute Gasteiger partial charge is 0.370 e. The topological polar surface area (TPSA) is 24.9 Å². The number of nitrogens with zero attached hydrogens (tertiary/aromatic N) is 1. The Morgan fingerprint density at radius 2 is 2.20 bits per heavy atom. The van der Waals surface area contributed by atoms with Gasteiger partial charge in [0.1, 0.15) is 5.82 Å². The van der Waals surface area contributed by atoms with Crippen LogP contribution in [0.2, 0.25) is 0 Å². The fourth-order valence-corrected chi connectivity index (χ4v) is 2.46. The molecule has 0 spiro atoms. The van der Waals surface area contributed by atoms with E-state index in [4.69, 9.17) is 11.6 Å². The summed E-state index contributed by atoms with van der Waals surface area (Å²) < 4.78 is 0. The predicted octanol–water partition coefficient (Wildman–Crippen LogP) is 3.29. The van der Waals surface area contributed by atoms with Gasteiger partial charge in [-0.3, -0.25) is 0 Å². The van der Waals surface area contributed by atoms with Gasteiger partial charge in [0, 0.05) is 18.1 Å². The van der Waals surface area contributed by atoms with Gasteiger partial charge in [0.2, 0.25) is 0 Å². The second-order valence-corrected chi connectivity index (χ2v) is 4.72. The zero-order valence-electron chi connectivity index (χ0n) is 8.82. The molecule has 0 bridgehead atoms. The van der Waals surface area contributed by atoms with Crippen LogP contribution in [0.1, 0.15) is 25.7 Å². The van der Waals surface area contributed by atoms with Crippen molar-refractivity contribution in [3.05, 3.63) is 24.4 Å². The van der Waals surface area contributed by atoms with Gasteiger partial charge in [-0.05, 0) is 30.9 Å². The van der Waals surface area contributed by atoms with E-state index < -0.39 is 0 Å². The standard InChI is InChI=1S/C12H17ClN2/c13-11-6-2-1-5-10(11)9-15-12-7-3-4-8-14-12/h3-4,7-8,10-11H,1-2,5-6,9H2,(H,14,15). The van der Waals surface area contributed by atoms with Crippen molar-refractivity contribution in [2.24, 2.45) is 5.92 Å². The number of rotatable bonds is 3. The van der Waals surface area contributed by atoms with Gasteiger partial charge < -0.3 is 5.32 Å². The maximum absolute atomic E-state index is 6.29. The Labute approximate surface area is 96.1 Å². The molecule has 3 heteroatoms. The Morgan fingerprint density at radius 3 is 2.93 bits per heavy atom. The molecule has 0 aliphatic heterocycles. The summed E-state index contributed by atoms with van der Waals surface area (Å²) in [4.78, 5) is 4.23. The van der Waals surface area contributed by atoms with Crippen LogP contribution < -0.4 is 5.32 Å². The van der Waals surface area contributed by atoms with Crippen LogP contribution in [0, 0.1) is 5.92 Å². The summed E-state index contributed by atoms with van der Waals surface area (Å²) in [5.74, 6) is 1.55. The van der Waals surface area contributed by atoms with Gasteiger partial charge >= 0.3 is 0 Å². The monoisotopic (exact) mass is 224 g/mol. The summed E-state index contributed by atoms with van der Waals surface area (Å²) >= 11 is 6.29. The van der Waals surface area contributed by atoms with E-state index in [1.54, 1.807) is 6.20 Å². The van der Waals surface area contributed by atoms with Gasteiger partial charge in [0.15, 0.2) is 0 Å². The number of pyridine rings is 1. The number of hydrogen-bond donors (Lipinski definition) is 1. The normalized spacial score (nSPS) is 26.2. The fraction of sp³-hybridized carbons (Fsp3) is 0.583. The van der Waals surface area contributed by atoms with E-state index >= 15 is 0 Å². The highest BCUT2D eigenvalue weighted by atomic mass is 35.5. The Hall–Kier alpha value is -0.760. The van der Waals surface area contributed by atoms with Crippen molar-refractivity contribution in [3.8, 4) is 0 Å². The van der Waals surface area contributed by atoms with Crippen LogP contribution in [0.25, 0.3) is 0 Å². The van der Waals surface area contributed by atoms with Gasteiger partial charge in [-0.15, -0.1) is 11.6 Å². The molecule has 1 aliphatic rings. The van der Waals surface area contributed by atoms with Crippen molar-refractivity contribution >= 4 is 17.4 Å². The molecule has 0 radical (unpaired) electrons. The summed E-state index contributed by atoms with van der Waals surface area (Å²) in [7, 11) is 0. The Bertz CT molecular complexity index is 289. The minimum Gasteiger partial charge on any atom is -0.370 e. The molecule has 2 nitrogen and oxygen atoms in total. The molecule has 1 aromatic heterocycles. The highest BCUT2D eigenvalue weighted by Crippen LogP contribution is 2.28. The molecular formula is C12H17ClN2. The van der Waals surface area contributed by atoms with Crippen LogP contribution in [-0.2, 0) is 0 Å². The van der Waals surface area contributed by atoms with Crippen molar-refractivity contribution in [1.29, 1.82) is 0 Å². The van der Waals surface area contributed by atoms with Gasteiger partial charge in [-0.2, -0.15) is 0 Å². The van der Waals surface area contributed by atoms with E-state index in [-0.39, 0.29) is 0 Å². The number of hydrogen-bond acceptors (Lipinski definition) is 2. The predicted molar refractivity (Wildman–Crippen MR) is 64.3 cm³/mol. The number of aromatic nitrogens is 1. The van der Waals surface area contributed by atoms with E-state index in [1.807, 2.05) is 18.2 Å². The summed E-state index contributed by atoms with van der Waals surface area (Å²) in [6.07, 6.45) is 6.82. The first-order valence-electron chi connectivity index (χ1n) is 5.65. The summed E-state index contributed by atoms with van der Waals surface area (Å²) in [5, 5.41) is 3.69. The van der Waals surface area contributed by atoms with Crippen LogP contribution in [0.3, 0.4) is 0 Å². The van der Waals surface area contributed by atoms with E-state index in [9.17, 15) is 0 Å². The minimum absolute atomic E-state index is 0.343. The second-order valence-electron chi connectivity index (χ2n) is 4.16. The molecule has 2 rings (SSSR count). The first-order valence-corrected chi connectivity index (χ1v) is 6.09. The van der Waals surface area contributed by atoms with Crippen LogP contribution >= 0.6 is 11.6 Å². The Balaban J connectivity index is 1.82. The first kappa shape index (κ1) is 10.7. The first-order chi connectivity index (χ1) is 7.36. The number of halogens is 1. The zero-order valence-corrected chi connectivity index (χ0v) is 9.58. The molecule has 15 heavy (non-hydrogen) atoms. The van der Waals surface area contributed by atoms with Crippen LogP contribution in [0.4, 0.5) is 5.82 Å². The maximum atomic E-state index is 6.29. The zero-order chi connectivity index (χ0) is 10.5. The third-order valence-corrected chi connectivity index (χ3v) is 3.60. The molecule has 1 fully saturated rings. The second kappa shape index (κ2) is 5.36. The summed E-state index contributed by atoms with van der Waals surface area (Å²) in [6.45, 7) is 0.950. The van der Waals surface area contributed by atoms with E-state index in [2.05, 4.69) is 10.3 Å². The lowest BCUT2D eigenvalue weighted by molar-refractivity contribution is 0.380. The number of nitrogens with one attached hydrogen (secondary N) is 1. The molecule has 2 atom stereocenters. The smallest absolute Gasteiger partial charge is 0.125 e. The molecule has 0 saturated heterocycles. The van der Waals surface area contributed by atoms with Crippen LogP contribution in [0.5, 0.6) is 0 Å². The highest BCUT2D eigenvalue weighted by molar-refractivity contribution is 6.20. The van der Waals surface area contributed by atoms with Crippen molar-refractivity contribution in [1.82, 2.24) is 4.98 Å². The fourth-order valence-electron chi connectivity index (χ4n) is 2.10. The van der Waals surface area contributed by atoms with E-state index in [0.29, 0.717) is 11.3 Å². The summed E-state index contributed by atoms with van der Waals surface area (Å²) in [5.41, 5.74) is 0. The van der Waals surface area contributed by atoms with Crippen LogP contribution in [-0.4, -0.2) is 16.9 Å². The molecular weight excluding hydrogens is 208 g/mol. The maximum Gasteiger partial charge on any atom is 0.125 e. The van der Waals surface area contributed by atoms with Crippen molar-refractivity contribution in [2.75, 3.05) is 11.9 Å². The molecule has 1 saturated carbocycles. The molecule has 1 N–H and O–H groups in total. The molecule has 1 heterocycles. The lowest BCUT2D eigenvalue weighted by Crippen LogP contribution is -2.26. The third kappa shape index (κ3) is 3.10. The lowest BCUT2D eigenvalue weighted by atomic mass is 9.89. The van der Waals surface area contributed by atoms with Crippen LogP contribution in [0.15, 0.2) is 24.4 Å². The van der Waals surface area contributed by atoms with Gasteiger partial charge in [0.05, 0.1) is 0 Å². The number of alkyl halides is 1. The minimum atomic E-state index is 0.343. The van der Waals surface area contributed by atoms with Gasteiger partial charge in [-0.1, -0.05) is 18.9 Å². The third-order valence-electron chi connectivity index (χ3n) is 3.03. The van der Waals surface area contributed by atoms with Crippen molar-refractivity contribution in [2.45, 2.75) is 31.1 Å². The summed E-state index contributed by atoms with van der Waals surface area (Å²) in [6, 6.07) is 5.91. The average Bonchev–Trinajstić information content (AvgIpc) is 2.29. The molecule has 82 valence electrons. The van der Waals surface area contributed by atoms with Crippen molar-refractivity contribution < 1.29 is 0 Å². The van der Waals surface area contributed by atoms with Gasteiger partial charge in [0.25, 0.3) is 0 Å². The quantitative estimate of drug-likeness (QED) is 0.797. The highest BCUT2D eigenvalue weighted by Gasteiger charge is 2.22. The molecule has 2 unspecified atom stereocenters. The van der Waals surface area contributed by atoms with E-state index in [1.165, 1.54) is 19.3 Å². The molecule has 0 aromatic carbocycles. The molecule has 0 amide bonds. The van der Waals surface area contributed by atoms with Crippen molar-refractivity contribution in [3.63, 3.8) is 0 Å². The average molecular weight is 225 g/mol. The van der Waals surface area contributed by atoms with Gasteiger partial charge in [-0.25, -0.2) is 4.98 Å². The van der Waals surface area contributed by atoms with E-state index in [0.717, 1.165) is 18.8 Å².